The van der Waals surface area contributed by atoms with Crippen molar-refractivity contribution in [1.29, 1.82) is 0 Å². The molecule has 5 rings (SSSR count). The molecule has 0 fully saturated rings. The molecule has 44 heavy (non-hydrogen) atoms. The summed E-state index contributed by atoms with van der Waals surface area (Å²) >= 11 is 0. The first kappa shape index (κ1) is 31.5. The summed E-state index contributed by atoms with van der Waals surface area (Å²) in [5, 5.41) is 14.9. The molecule has 3 N–H and O–H groups in total. The van der Waals surface area contributed by atoms with Crippen LogP contribution in [0.25, 0.3) is 0 Å². The zero-order valence-electron chi connectivity index (χ0n) is 24.0. The summed E-state index contributed by atoms with van der Waals surface area (Å²) in [5.74, 6) is -0.254. The molecular formula is C35H32N2O6S. The third-order valence-electron chi connectivity index (χ3n) is 6.26. The van der Waals surface area contributed by atoms with Crippen LogP contribution in [0.4, 0.5) is 11.4 Å². The predicted octanol–water partition coefficient (Wildman–Crippen LogP) is 6.52. The first-order valence-electron chi connectivity index (χ1n) is 13.8. The largest absolute Gasteiger partial charge is 0.506 e. The number of benzene rings is 5. The number of hydrogen-bond acceptors (Lipinski definition) is 6. The van der Waals surface area contributed by atoms with Crippen LogP contribution in [0.1, 0.15) is 16.7 Å². The number of aryl methyl sites for hydroxylation is 1. The summed E-state index contributed by atoms with van der Waals surface area (Å²) in [7, 11) is -4.00. The fourth-order valence-electron chi connectivity index (χ4n) is 4.04. The van der Waals surface area contributed by atoms with Crippen LogP contribution in [-0.2, 0) is 32.5 Å². The molecule has 224 valence electrons. The number of phenolic OH excluding ortho intramolecular Hbond substituents is 1. The molecule has 0 bridgehead atoms. The van der Waals surface area contributed by atoms with Gasteiger partial charge < -0.3 is 19.9 Å². The van der Waals surface area contributed by atoms with E-state index >= 15 is 0 Å². The Bertz CT molecular complexity index is 1790. The molecular weight excluding hydrogens is 576 g/mol. The van der Waals surface area contributed by atoms with E-state index in [1.54, 1.807) is 48.5 Å². The maximum Gasteiger partial charge on any atom is 0.339 e. The van der Waals surface area contributed by atoms with Crippen molar-refractivity contribution in [2.75, 3.05) is 10.6 Å². The highest BCUT2D eigenvalue weighted by Gasteiger charge is 2.19. The summed E-state index contributed by atoms with van der Waals surface area (Å²) in [4.78, 5) is 24.1. The second kappa shape index (κ2) is 15.2. The van der Waals surface area contributed by atoms with Gasteiger partial charge in [-0.25, -0.2) is 0 Å². The zero-order valence-corrected chi connectivity index (χ0v) is 24.8. The van der Waals surface area contributed by atoms with Crippen molar-refractivity contribution >= 4 is 33.3 Å². The maximum atomic E-state index is 12.5. The van der Waals surface area contributed by atoms with Crippen LogP contribution >= 0.6 is 0 Å². The van der Waals surface area contributed by atoms with Crippen molar-refractivity contribution in [3.05, 3.63) is 150 Å². The van der Waals surface area contributed by atoms with E-state index in [1.807, 2.05) is 67.6 Å². The van der Waals surface area contributed by atoms with Crippen LogP contribution in [-0.4, -0.2) is 25.3 Å². The van der Waals surface area contributed by atoms with Gasteiger partial charge >= 0.3 is 10.1 Å². The lowest BCUT2D eigenvalue weighted by Crippen LogP contribution is -2.16. The van der Waals surface area contributed by atoms with Crippen LogP contribution in [0, 0.1) is 6.92 Å². The average Bonchev–Trinajstić information content (AvgIpc) is 3.01. The second-order valence-electron chi connectivity index (χ2n) is 9.78. The topological polar surface area (TPSA) is 122 Å². The summed E-state index contributed by atoms with van der Waals surface area (Å²) in [5.41, 5.74) is 3.49. The first-order valence-corrected chi connectivity index (χ1v) is 15.2. The molecule has 8 nitrogen and oxygen atoms in total. The van der Waals surface area contributed by atoms with Crippen molar-refractivity contribution in [3.63, 3.8) is 0 Å². The van der Waals surface area contributed by atoms with Crippen LogP contribution in [0.15, 0.2) is 138 Å². The number of phenols is 1. The van der Waals surface area contributed by atoms with Gasteiger partial charge in [0.2, 0.25) is 11.8 Å². The van der Waals surface area contributed by atoms with Gasteiger partial charge in [-0.1, -0.05) is 103 Å². The van der Waals surface area contributed by atoms with Gasteiger partial charge in [-0.15, -0.1) is 0 Å². The molecule has 5 aromatic carbocycles. The molecule has 0 saturated heterocycles. The lowest BCUT2D eigenvalue weighted by Gasteiger charge is -2.12. The van der Waals surface area contributed by atoms with Crippen LogP contribution in [0.5, 0.6) is 11.5 Å². The Hall–Kier alpha value is -5.41. The summed E-state index contributed by atoms with van der Waals surface area (Å²) < 4.78 is 30.3. The van der Waals surface area contributed by atoms with Gasteiger partial charge in [0.1, 0.15) is 10.6 Å². The smallest absolute Gasteiger partial charge is 0.339 e. The standard InChI is InChI=1S/C21H19NO4S.C14H13NO2/c1-16-11-13-18(14-12-16)27(24,25)26-20-10-6-5-9-19(20)22-21(23)15-17-7-3-2-4-8-17;16-13-9-5-4-8-12(13)15-14(17)10-11-6-2-1-3-7-11/h2-14H,15H2,1H3,(H,22,23);1-9,16H,10H2,(H,15,17). The Morgan fingerprint density at radius 1 is 0.614 bits per heavy atom. The van der Waals surface area contributed by atoms with E-state index in [1.165, 1.54) is 24.3 Å². The maximum absolute atomic E-state index is 12.5. The Kier molecular flexibility index (Phi) is 10.9. The number of para-hydroxylation sites is 4. The van der Waals surface area contributed by atoms with Gasteiger partial charge in [0, 0.05) is 0 Å². The number of aromatic hydroxyl groups is 1. The fraction of sp³-hybridized carbons (Fsp3) is 0.0857. The van der Waals surface area contributed by atoms with E-state index in [9.17, 15) is 23.1 Å². The number of carbonyl (C=O) groups excluding carboxylic acids is 2. The Balaban J connectivity index is 0.000000223. The molecule has 0 atom stereocenters. The molecule has 0 aromatic heterocycles. The molecule has 0 unspecified atom stereocenters. The van der Waals surface area contributed by atoms with Crippen molar-refractivity contribution < 1.29 is 27.3 Å². The van der Waals surface area contributed by atoms with Gasteiger partial charge in [0.05, 0.1) is 24.2 Å². The van der Waals surface area contributed by atoms with E-state index in [0.29, 0.717) is 17.8 Å². The summed E-state index contributed by atoms with van der Waals surface area (Å²) in [6, 6.07) is 38.3. The lowest BCUT2D eigenvalue weighted by molar-refractivity contribution is -0.116. The number of carbonyl (C=O) groups is 2. The zero-order chi connectivity index (χ0) is 31.4. The number of nitrogens with one attached hydrogen (secondary N) is 2. The molecule has 0 spiro atoms. The Morgan fingerprint density at radius 3 is 1.61 bits per heavy atom. The van der Waals surface area contributed by atoms with E-state index in [-0.39, 0.29) is 34.6 Å². The van der Waals surface area contributed by atoms with Gasteiger partial charge in [-0.2, -0.15) is 8.42 Å². The van der Waals surface area contributed by atoms with Crippen LogP contribution < -0.4 is 14.8 Å². The minimum absolute atomic E-state index is 0.0542. The highest BCUT2D eigenvalue weighted by atomic mass is 32.2. The Morgan fingerprint density at radius 2 is 1.07 bits per heavy atom. The van der Waals surface area contributed by atoms with E-state index in [0.717, 1.165) is 16.7 Å². The van der Waals surface area contributed by atoms with Crippen molar-refractivity contribution in [2.24, 2.45) is 0 Å². The summed E-state index contributed by atoms with van der Waals surface area (Å²) in [6.45, 7) is 1.87. The highest BCUT2D eigenvalue weighted by Crippen LogP contribution is 2.28. The van der Waals surface area contributed by atoms with Crippen molar-refractivity contribution in [3.8, 4) is 11.5 Å². The molecule has 2 amide bonds. The monoisotopic (exact) mass is 608 g/mol. The normalized spacial score (nSPS) is 10.6. The SMILES string of the molecule is Cc1ccc(S(=O)(=O)Oc2ccccc2NC(=O)Cc2ccccc2)cc1.O=C(Cc1ccccc1)Nc1ccccc1O. The number of rotatable bonds is 9. The molecule has 0 heterocycles. The highest BCUT2D eigenvalue weighted by molar-refractivity contribution is 7.87. The van der Waals surface area contributed by atoms with Crippen molar-refractivity contribution in [1.82, 2.24) is 0 Å². The van der Waals surface area contributed by atoms with Crippen LogP contribution in [0.3, 0.4) is 0 Å². The second-order valence-corrected chi connectivity index (χ2v) is 11.3. The quantitative estimate of drug-likeness (QED) is 0.129. The van der Waals surface area contributed by atoms with E-state index in [4.69, 9.17) is 4.18 Å². The minimum atomic E-state index is -4.00. The molecule has 9 heteroatoms. The number of anilines is 2. The summed E-state index contributed by atoms with van der Waals surface area (Å²) in [6.07, 6.45) is 0.481. The van der Waals surface area contributed by atoms with Gasteiger partial charge in [0.25, 0.3) is 0 Å². The molecule has 0 aliphatic heterocycles. The predicted molar refractivity (Wildman–Crippen MR) is 171 cm³/mol. The molecule has 0 radical (unpaired) electrons. The average molecular weight is 609 g/mol. The van der Waals surface area contributed by atoms with E-state index in [2.05, 4.69) is 10.6 Å². The third-order valence-corrected chi connectivity index (χ3v) is 7.51. The molecule has 0 aliphatic carbocycles. The minimum Gasteiger partial charge on any atom is -0.506 e. The number of amides is 2. The van der Waals surface area contributed by atoms with Crippen LogP contribution in [0.2, 0.25) is 0 Å². The van der Waals surface area contributed by atoms with Gasteiger partial charge in [-0.05, 0) is 54.4 Å². The molecule has 5 aromatic rings. The third kappa shape index (κ3) is 9.57. The molecule has 0 aliphatic rings. The fourth-order valence-corrected chi connectivity index (χ4v) is 4.99. The number of hydrogen-bond donors (Lipinski definition) is 3. The van der Waals surface area contributed by atoms with E-state index < -0.39 is 10.1 Å². The lowest BCUT2D eigenvalue weighted by atomic mass is 10.1. The first-order chi connectivity index (χ1) is 21.2. The van der Waals surface area contributed by atoms with Gasteiger partial charge in [0.15, 0.2) is 5.75 Å². The van der Waals surface area contributed by atoms with Crippen molar-refractivity contribution in [2.45, 2.75) is 24.7 Å². The van der Waals surface area contributed by atoms with Gasteiger partial charge in [-0.3, -0.25) is 9.59 Å². The molecule has 0 saturated carbocycles. The Labute approximate surface area is 257 Å².